The summed E-state index contributed by atoms with van der Waals surface area (Å²) in [5.41, 5.74) is 8.74. The maximum atomic E-state index is 10.7. The van der Waals surface area contributed by atoms with Crippen LogP contribution in [-0.4, -0.2) is 19.0 Å². The van der Waals surface area contributed by atoms with Crippen LogP contribution >= 0.6 is 0 Å². The molecule has 2 rings (SSSR count). The maximum absolute atomic E-state index is 10.7. The first-order chi connectivity index (χ1) is 7.27. The summed E-state index contributed by atoms with van der Waals surface area (Å²) in [6, 6.07) is 6.10. The Morgan fingerprint density at radius 1 is 1.53 bits per heavy atom. The van der Waals surface area contributed by atoms with Gasteiger partial charge in [0.15, 0.2) is 0 Å². The number of nitrogens with two attached hydrogens (primary N) is 1. The molecule has 1 aliphatic heterocycles. The van der Waals surface area contributed by atoms with Gasteiger partial charge in [-0.1, -0.05) is 12.1 Å². The molecule has 0 saturated heterocycles. The van der Waals surface area contributed by atoms with E-state index in [1.807, 2.05) is 12.1 Å². The van der Waals surface area contributed by atoms with Crippen LogP contribution in [0.3, 0.4) is 0 Å². The van der Waals surface area contributed by atoms with Crippen molar-refractivity contribution in [3.63, 3.8) is 0 Å². The molecule has 1 aromatic rings. The molecule has 80 valence electrons. The van der Waals surface area contributed by atoms with E-state index in [0.29, 0.717) is 0 Å². The van der Waals surface area contributed by atoms with Gasteiger partial charge in [0.2, 0.25) is 5.91 Å². The summed E-state index contributed by atoms with van der Waals surface area (Å²) < 4.78 is 0. The minimum Gasteiger partial charge on any atom is -0.376 e. The summed E-state index contributed by atoms with van der Waals surface area (Å²) in [4.78, 5) is 10.7. The Morgan fingerprint density at radius 2 is 2.40 bits per heavy atom. The van der Waals surface area contributed by atoms with Crippen LogP contribution in [0.15, 0.2) is 18.2 Å². The van der Waals surface area contributed by atoms with Crippen molar-refractivity contribution in [1.82, 2.24) is 5.32 Å². The average Bonchev–Trinajstić information content (AvgIpc) is 2.26. The molecular formula is C11H15N3O. The van der Waals surface area contributed by atoms with Gasteiger partial charge in [0.25, 0.3) is 0 Å². The van der Waals surface area contributed by atoms with E-state index >= 15 is 0 Å². The number of nitrogens with one attached hydrogen (secondary N) is 2. The first-order valence-corrected chi connectivity index (χ1v) is 5.11. The Morgan fingerprint density at radius 3 is 3.20 bits per heavy atom. The van der Waals surface area contributed by atoms with Crippen molar-refractivity contribution in [2.24, 2.45) is 5.73 Å². The van der Waals surface area contributed by atoms with Crippen molar-refractivity contribution in [3.8, 4) is 0 Å². The number of carbonyl (C=O) groups excluding carboxylic acids is 1. The van der Waals surface area contributed by atoms with E-state index in [-0.39, 0.29) is 12.5 Å². The number of hydrogen-bond acceptors (Lipinski definition) is 3. The summed E-state index contributed by atoms with van der Waals surface area (Å²) in [6.45, 7) is 2.09. The van der Waals surface area contributed by atoms with Gasteiger partial charge in [-0.2, -0.15) is 0 Å². The molecule has 4 heteroatoms. The highest BCUT2D eigenvalue weighted by atomic mass is 16.1. The van der Waals surface area contributed by atoms with E-state index in [2.05, 4.69) is 16.7 Å². The van der Waals surface area contributed by atoms with Gasteiger partial charge in [0.05, 0.1) is 6.54 Å². The lowest BCUT2D eigenvalue weighted by Gasteiger charge is -2.20. The van der Waals surface area contributed by atoms with Crippen molar-refractivity contribution >= 4 is 11.6 Å². The monoisotopic (exact) mass is 205 g/mol. The average molecular weight is 205 g/mol. The molecule has 0 spiro atoms. The number of carbonyl (C=O) groups is 1. The zero-order valence-electron chi connectivity index (χ0n) is 8.55. The summed E-state index contributed by atoms with van der Waals surface area (Å²) in [5, 5.41) is 6.38. The van der Waals surface area contributed by atoms with Gasteiger partial charge in [-0.25, -0.2) is 0 Å². The molecular weight excluding hydrogens is 190 g/mol. The Balaban J connectivity index is 2.19. The van der Waals surface area contributed by atoms with Crippen LogP contribution in [0.1, 0.15) is 11.1 Å². The van der Waals surface area contributed by atoms with Crippen LogP contribution in [0.4, 0.5) is 5.69 Å². The summed E-state index contributed by atoms with van der Waals surface area (Å²) in [5.74, 6) is -0.332. The number of rotatable bonds is 3. The predicted octanol–water partition coefficient (Wildman–Crippen LogP) is 0.229. The molecule has 0 atom stereocenters. The first kappa shape index (κ1) is 9.98. The summed E-state index contributed by atoms with van der Waals surface area (Å²) >= 11 is 0. The highest BCUT2D eigenvalue weighted by Gasteiger charge is 2.11. The van der Waals surface area contributed by atoms with Crippen molar-refractivity contribution in [3.05, 3.63) is 29.3 Å². The van der Waals surface area contributed by atoms with Gasteiger partial charge in [0, 0.05) is 12.2 Å². The second kappa shape index (κ2) is 4.31. The number of amides is 1. The van der Waals surface area contributed by atoms with E-state index in [1.54, 1.807) is 0 Å². The quantitative estimate of drug-likeness (QED) is 0.661. The fourth-order valence-corrected chi connectivity index (χ4v) is 1.88. The first-order valence-electron chi connectivity index (χ1n) is 5.11. The predicted molar refractivity (Wildman–Crippen MR) is 59.5 cm³/mol. The molecule has 0 bridgehead atoms. The molecule has 15 heavy (non-hydrogen) atoms. The van der Waals surface area contributed by atoms with E-state index in [4.69, 9.17) is 5.73 Å². The van der Waals surface area contributed by atoms with Gasteiger partial charge in [0.1, 0.15) is 0 Å². The Labute approximate surface area is 88.9 Å². The molecule has 0 radical (unpaired) electrons. The number of anilines is 1. The largest absolute Gasteiger partial charge is 0.376 e. The van der Waals surface area contributed by atoms with E-state index in [1.165, 1.54) is 11.1 Å². The highest BCUT2D eigenvalue weighted by Crippen LogP contribution is 2.22. The summed E-state index contributed by atoms with van der Waals surface area (Å²) in [7, 11) is 0. The smallest absolute Gasteiger partial charge is 0.236 e. The van der Waals surface area contributed by atoms with Crippen LogP contribution < -0.4 is 16.4 Å². The Hall–Kier alpha value is -1.55. The third-order valence-electron chi connectivity index (χ3n) is 2.59. The molecule has 4 nitrogen and oxygen atoms in total. The minimum atomic E-state index is -0.332. The van der Waals surface area contributed by atoms with Crippen LogP contribution in [0.2, 0.25) is 0 Å². The lowest BCUT2D eigenvalue weighted by molar-refractivity contribution is -0.116. The highest BCUT2D eigenvalue weighted by molar-refractivity contribution is 5.79. The molecule has 0 unspecified atom stereocenters. The van der Waals surface area contributed by atoms with Crippen molar-refractivity contribution in [2.45, 2.75) is 13.0 Å². The number of primary amides is 1. The molecule has 1 aromatic carbocycles. The third kappa shape index (κ3) is 2.27. The van der Waals surface area contributed by atoms with Crippen molar-refractivity contribution in [1.29, 1.82) is 0 Å². The van der Waals surface area contributed by atoms with Crippen LogP contribution in [0.5, 0.6) is 0 Å². The molecule has 1 amide bonds. The van der Waals surface area contributed by atoms with E-state index in [0.717, 1.165) is 25.2 Å². The zero-order valence-corrected chi connectivity index (χ0v) is 8.55. The van der Waals surface area contributed by atoms with Gasteiger partial charge in [-0.3, -0.25) is 4.79 Å². The molecule has 1 heterocycles. The second-order valence-electron chi connectivity index (χ2n) is 3.69. The molecule has 0 aliphatic carbocycles. The molecule has 0 aromatic heterocycles. The number of fused-ring (bicyclic) bond motifs is 1. The topological polar surface area (TPSA) is 67.2 Å². The van der Waals surface area contributed by atoms with Crippen LogP contribution in [0, 0.1) is 0 Å². The summed E-state index contributed by atoms with van der Waals surface area (Å²) in [6.07, 6.45) is 0.997. The minimum absolute atomic E-state index is 0.198. The van der Waals surface area contributed by atoms with Gasteiger partial charge < -0.3 is 16.4 Å². The molecule has 4 N–H and O–H groups in total. The number of hydrogen-bond donors (Lipinski definition) is 3. The lowest BCUT2D eigenvalue weighted by atomic mass is 9.99. The standard InChI is InChI=1S/C11H15N3O/c12-11(15)7-14-10-3-1-2-8-6-13-5-4-9(8)10/h1-3,13-14H,4-7H2,(H2,12,15). The van der Waals surface area contributed by atoms with E-state index in [9.17, 15) is 4.79 Å². The van der Waals surface area contributed by atoms with Crippen molar-refractivity contribution in [2.75, 3.05) is 18.4 Å². The molecule has 1 aliphatic rings. The fourth-order valence-electron chi connectivity index (χ4n) is 1.88. The van der Waals surface area contributed by atoms with Gasteiger partial charge in [-0.05, 0) is 30.2 Å². The van der Waals surface area contributed by atoms with Crippen LogP contribution in [0.25, 0.3) is 0 Å². The van der Waals surface area contributed by atoms with Gasteiger partial charge in [-0.15, -0.1) is 0 Å². The maximum Gasteiger partial charge on any atom is 0.236 e. The number of benzene rings is 1. The van der Waals surface area contributed by atoms with E-state index < -0.39 is 0 Å². The van der Waals surface area contributed by atoms with Crippen LogP contribution in [-0.2, 0) is 17.8 Å². The second-order valence-corrected chi connectivity index (χ2v) is 3.69. The van der Waals surface area contributed by atoms with Gasteiger partial charge >= 0.3 is 0 Å². The lowest BCUT2D eigenvalue weighted by Crippen LogP contribution is -2.26. The SMILES string of the molecule is NC(=O)CNc1cccc2c1CCNC2. The van der Waals surface area contributed by atoms with Crippen molar-refractivity contribution < 1.29 is 4.79 Å². The Kier molecular flexibility index (Phi) is 2.87. The fraction of sp³-hybridized carbons (Fsp3) is 0.364. The normalized spacial score (nSPS) is 14.4. The Bertz CT molecular complexity index is 376. The molecule has 0 fully saturated rings. The zero-order chi connectivity index (χ0) is 10.7. The molecule has 0 saturated carbocycles. The third-order valence-corrected chi connectivity index (χ3v) is 2.59.